The van der Waals surface area contributed by atoms with Crippen molar-refractivity contribution in [3.05, 3.63) is 64.7 Å². The zero-order chi connectivity index (χ0) is 18.4. The average molecular weight is 499 g/mol. The van der Waals surface area contributed by atoms with Crippen LogP contribution in [0, 0.1) is 12.8 Å². The molecule has 0 amide bonds. The molecule has 3 N–H and O–H groups in total. The third kappa shape index (κ3) is 6.57. The van der Waals surface area contributed by atoms with Gasteiger partial charge in [-0.2, -0.15) is 0 Å². The number of benzene rings is 2. The van der Waals surface area contributed by atoms with E-state index in [1.807, 2.05) is 12.1 Å². The number of aryl methyl sites for hydroxylation is 1. The molecule has 1 aliphatic rings. The Labute approximate surface area is 184 Å². The quantitative estimate of drug-likeness (QED) is 0.356. The Morgan fingerprint density at radius 2 is 2.04 bits per heavy atom. The van der Waals surface area contributed by atoms with Crippen LogP contribution in [0.3, 0.4) is 0 Å². The van der Waals surface area contributed by atoms with Crippen LogP contribution in [-0.4, -0.2) is 32.1 Å². The minimum absolute atomic E-state index is 0. The summed E-state index contributed by atoms with van der Waals surface area (Å²) in [7, 11) is 0. The highest BCUT2D eigenvalue weighted by Gasteiger charge is 2.23. The van der Waals surface area contributed by atoms with E-state index in [4.69, 9.17) is 17.3 Å². The predicted molar refractivity (Wildman–Crippen MR) is 127 cm³/mol. The van der Waals surface area contributed by atoms with E-state index < -0.39 is 0 Å². The summed E-state index contributed by atoms with van der Waals surface area (Å²) in [6, 6.07) is 16.5. The van der Waals surface area contributed by atoms with Crippen LogP contribution in [0.15, 0.2) is 53.5 Å². The summed E-state index contributed by atoms with van der Waals surface area (Å²) in [5, 5.41) is 4.00. The Morgan fingerprint density at radius 1 is 1.26 bits per heavy atom. The summed E-state index contributed by atoms with van der Waals surface area (Å²) in [6.07, 6.45) is 2.08. The van der Waals surface area contributed by atoms with Gasteiger partial charge in [0.2, 0.25) is 0 Å². The lowest BCUT2D eigenvalue weighted by molar-refractivity contribution is 0.601. The second-order valence-electron chi connectivity index (χ2n) is 6.92. The van der Waals surface area contributed by atoms with Crippen molar-refractivity contribution in [2.24, 2.45) is 16.6 Å². The predicted octanol–water partition coefficient (Wildman–Crippen LogP) is 4.24. The van der Waals surface area contributed by atoms with E-state index in [-0.39, 0.29) is 24.0 Å². The lowest BCUT2D eigenvalue weighted by Gasteiger charge is -2.21. The number of rotatable bonds is 6. The molecule has 2 aromatic carbocycles. The monoisotopic (exact) mass is 498 g/mol. The summed E-state index contributed by atoms with van der Waals surface area (Å²) in [5.74, 6) is 1.07. The van der Waals surface area contributed by atoms with Crippen LogP contribution in [0.1, 0.15) is 17.5 Å². The van der Waals surface area contributed by atoms with Gasteiger partial charge in [0.25, 0.3) is 0 Å². The number of guanidine groups is 1. The molecule has 1 saturated heterocycles. The zero-order valence-corrected chi connectivity index (χ0v) is 18.8. The van der Waals surface area contributed by atoms with Crippen molar-refractivity contribution in [3.63, 3.8) is 0 Å². The molecule has 0 radical (unpaired) electrons. The molecule has 0 aliphatic carbocycles. The molecule has 1 heterocycles. The Kier molecular flexibility index (Phi) is 8.70. The van der Waals surface area contributed by atoms with Crippen LogP contribution >= 0.6 is 35.6 Å². The summed E-state index contributed by atoms with van der Waals surface area (Å²) >= 11 is 6.15. The van der Waals surface area contributed by atoms with E-state index >= 15 is 0 Å². The fourth-order valence-electron chi connectivity index (χ4n) is 3.39. The molecule has 1 atom stereocenters. The van der Waals surface area contributed by atoms with Gasteiger partial charge in [-0.05, 0) is 48.9 Å². The molecule has 4 nitrogen and oxygen atoms in total. The van der Waals surface area contributed by atoms with Crippen molar-refractivity contribution in [2.45, 2.75) is 19.8 Å². The third-order valence-corrected chi connectivity index (χ3v) is 5.12. The highest BCUT2D eigenvalue weighted by atomic mass is 127. The van der Waals surface area contributed by atoms with Gasteiger partial charge in [0.1, 0.15) is 0 Å². The molecule has 1 aliphatic heterocycles. The SMILES string of the molecule is Cc1ccc(Cl)cc1N1CCC(CN=C(N)NCCc2ccccc2)C1.I. The van der Waals surface area contributed by atoms with Gasteiger partial charge in [-0.15, -0.1) is 24.0 Å². The summed E-state index contributed by atoms with van der Waals surface area (Å²) in [5.41, 5.74) is 9.81. The fraction of sp³-hybridized carbons (Fsp3) is 0.381. The van der Waals surface area contributed by atoms with Crippen molar-refractivity contribution < 1.29 is 0 Å². The second kappa shape index (κ2) is 10.8. The maximum Gasteiger partial charge on any atom is 0.188 e. The van der Waals surface area contributed by atoms with Gasteiger partial charge >= 0.3 is 0 Å². The fourth-order valence-corrected chi connectivity index (χ4v) is 3.55. The molecule has 0 bridgehead atoms. The van der Waals surface area contributed by atoms with Crippen LogP contribution in [0.4, 0.5) is 5.69 Å². The molecule has 27 heavy (non-hydrogen) atoms. The lowest BCUT2D eigenvalue weighted by Crippen LogP contribution is -2.34. The second-order valence-corrected chi connectivity index (χ2v) is 7.36. The highest BCUT2D eigenvalue weighted by Crippen LogP contribution is 2.29. The van der Waals surface area contributed by atoms with E-state index in [1.165, 1.54) is 16.8 Å². The number of hydrogen-bond donors (Lipinski definition) is 2. The largest absolute Gasteiger partial charge is 0.371 e. The molecular weight excluding hydrogens is 471 g/mol. The molecule has 0 aromatic heterocycles. The van der Waals surface area contributed by atoms with E-state index in [0.717, 1.165) is 44.0 Å². The maximum atomic E-state index is 6.15. The molecule has 0 saturated carbocycles. The average Bonchev–Trinajstić information content (AvgIpc) is 3.12. The van der Waals surface area contributed by atoms with Gasteiger partial charge in [0.15, 0.2) is 5.96 Å². The first kappa shape index (κ1) is 21.8. The number of hydrogen-bond acceptors (Lipinski definition) is 2. The normalized spacial score (nSPS) is 16.9. The van der Waals surface area contributed by atoms with E-state index in [2.05, 4.69) is 58.5 Å². The Bertz CT molecular complexity index is 751. The smallest absolute Gasteiger partial charge is 0.188 e. The van der Waals surface area contributed by atoms with E-state index in [9.17, 15) is 0 Å². The van der Waals surface area contributed by atoms with Crippen molar-refractivity contribution >= 4 is 47.2 Å². The van der Waals surface area contributed by atoms with Crippen LogP contribution in [-0.2, 0) is 6.42 Å². The molecule has 146 valence electrons. The molecule has 1 unspecified atom stereocenters. The molecule has 0 spiro atoms. The van der Waals surface area contributed by atoms with Gasteiger partial charge in [-0.25, -0.2) is 0 Å². The van der Waals surface area contributed by atoms with Crippen molar-refractivity contribution in [1.82, 2.24) is 5.32 Å². The summed E-state index contributed by atoms with van der Waals surface area (Å²) in [4.78, 5) is 6.94. The standard InChI is InChI=1S/C21H27ClN4.HI/c1-16-7-8-19(22)13-20(16)26-12-10-18(15-26)14-25-21(23)24-11-9-17-5-3-2-4-6-17;/h2-8,13,18H,9-12,14-15H2,1H3,(H3,23,24,25);1H. The number of halogens is 2. The number of nitrogens with one attached hydrogen (secondary N) is 1. The molecular formula is C21H28ClIN4. The summed E-state index contributed by atoms with van der Waals surface area (Å²) in [6.45, 7) is 5.74. The highest BCUT2D eigenvalue weighted by molar-refractivity contribution is 14.0. The third-order valence-electron chi connectivity index (χ3n) is 4.88. The number of nitrogens with two attached hydrogens (primary N) is 1. The Hall–Kier alpha value is -1.47. The first-order valence-corrected chi connectivity index (χ1v) is 9.58. The molecule has 3 rings (SSSR count). The summed E-state index contributed by atoms with van der Waals surface area (Å²) < 4.78 is 0. The number of anilines is 1. The first-order valence-electron chi connectivity index (χ1n) is 9.20. The van der Waals surface area contributed by atoms with Gasteiger partial charge < -0.3 is 16.0 Å². The van der Waals surface area contributed by atoms with Gasteiger partial charge in [-0.1, -0.05) is 48.0 Å². The molecule has 2 aromatic rings. The minimum atomic E-state index is 0. The van der Waals surface area contributed by atoms with Crippen LogP contribution < -0.4 is 16.0 Å². The first-order chi connectivity index (χ1) is 12.6. The molecule has 6 heteroatoms. The Morgan fingerprint density at radius 3 is 2.81 bits per heavy atom. The van der Waals surface area contributed by atoms with E-state index in [1.54, 1.807) is 0 Å². The minimum Gasteiger partial charge on any atom is -0.371 e. The van der Waals surface area contributed by atoms with Crippen molar-refractivity contribution in [1.29, 1.82) is 0 Å². The van der Waals surface area contributed by atoms with Gasteiger partial charge in [0.05, 0.1) is 0 Å². The van der Waals surface area contributed by atoms with Crippen molar-refractivity contribution in [2.75, 3.05) is 31.1 Å². The molecule has 1 fully saturated rings. The van der Waals surface area contributed by atoms with E-state index in [0.29, 0.717) is 11.9 Å². The van der Waals surface area contributed by atoms with Gasteiger partial charge in [0, 0.05) is 36.9 Å². The number of aliphatic imine (C=N–C) groups is 1. The van der Waals surface area contributed by atoms with Crippen molar-refractivity contribution in [3.8, 4) is 0 Å². The van der Waals surface area contributed by atoms with Gasteiger partial charge in [-0.3, -0.25) is 4.99 Å². The zero-order valence-electron chi connectivity index (χ0n) is 15.7. The topological polar surface area (TPSA) is 53.6 Å². The lowest BCUT2D eigenvalue weighted by atomic mass is 10.1. The van der Waals surface area contributed by atoms with Crippen LogP contribution in [0.25, 0.3) is 0 Å². The maximum absolute atomic E-state index is 6.15. The number of nitrogens with zero attached hydrogens (tertiary/aromatic N) is 2. The van der Waals surface area contributed by atoms with Crippen LogP contribution in [0.2, 0.25) is 5.02 Å². The van der Waals surface area contributed by atoms with Crippen LogP contribution in [0.5, 0.6) is 0 Å². The Balaban J connectivity index is 0.00000261.